The average Bonchev–Trinajstić information content (AvgIpc) is 4.06. The zero-order chi connectivity index (χ0) is 41.1. The van der Waals surface area contributed by atoms with E-state index in [0.29, 0.717) is 11.1 Å². The molecule has 4 aliphatic carbocycles. The molecule has 0 N–H and O–H groups in total. The summed E-state index contributed by atoms with van der Waals surface area (Å²) in [6, 6.07) is 75.9. The smallest absolute Gasteiger partial charge is 0.101 e. The van der Waals surface area contributed by atoms with E-state index in [4.69, 9.17) is 0 Å². The second kappa shape index (κ2) is 13.2. The third-order valence-electron chi connectivity index (χ3n) is 14.4. The van der Waals surface area contributed by atoms with Crippen molar-refractivity contribution in [1.29, 1.82) is 10.5 Å². The summed E-state index contributed by atoms with van der Waals surface area (Å²) in [6.45, 7) is 0. The molecule has 286 valence electrons. The molecule has 9 aromatic rings. The Labute approximate surface area is 361 Å². The first-order valence-electron chi connectivity index (χ1n) is 21.5. The van der Waals surface area contributed by atoms with Gasteiger partial charge in [0.25, 0.3) is 0 Å². The predicted molar refractivity (Wildman–Crippen MR) is 247 cm³/mol. The van der Waals surface area contributed by atoms with Crippen LogP contribution < -0.4 is 0 Å². The summed E-state index contributed by atoms with van der Waals surface area (Å²) in [5, 5.41) is 23.9. The van der Waals surface area contributed by atoms with E-state index in [9.17, 15) is 10.5 Å². The van der Waals surface area contributed by atoms with Gasteiger partial charge >= 0.3 is 0 Å². The molecule has 2 heteroatoms. The summed E-state index contributed by atoms with van der Waals surface area (Å²) in [4.78, 5) is 0. The minimum absolute atomic E-state index is 0.224. The van der Waals surface area contributed by atoms with Crippen LogP contribution in [0.15, 0.2) is 194 Å². The highest BCUT2D eigenvalue weighted by Gasteiger charge is 2.46. The number of nitriles is 2. The lowest BCUT2D eigenvalue weighted by Crippen LogP contribution is -2.22. The topological polar surface area (TPSA) is 47.6 Å². The van der Waals surface area contributed by atoms with Gasteiger partial charge in [-0.15, -0.1) is 0 Å². The molecule has 0 fully saturated rings. The zero-order valence-electron chi connectivity index (χ0n) is 33.7. The van der Waals surface area contributed by atoms with Crippen LogP contribution in [0, 0.1) is 22.7 Å². The van der Waals surface area contributed by atoms with Crippen molar-refractivity contribution in [2.75, 3.05) is 0 Å². The maximum absolute atomic E-state index is 12.0. The highest BCUT2D eigenvalue weighted by atomic mass is 14.5. The monoisotopic (exact) mass is 784 g/mol. The summed E-state index contributed by atoms with van der Waals surface area (Å²) in [7, 11) is 0. The third-order valence-corrected chi connectivity index (χ3v) is 14.4. The molecule has 0 spiro atoms. The van der Waals surface area contributed by atoms with E-state index in [0.717, 1.165) is 44.5 Å². The molecular formula is C60H36N2. The summed E-state index contributed by atoms with van der Waals surface area (Å²) in [5.74, 6) is -1.03. The molecule has 0 saturated heterocycles. The van der Waals surface area contributed by atoms with Gasteiger partial charge in [-0.25, -0.2) is 0 Å². The highest BCUT2D eigenvalue weighted by Crippen LogP contribution is 2.62. The molecule has 62 heavy (non-hydrogen) atoms. The standard InChI is InChI=1S/C60H36N2/c61-33-51-52(34-62)58(54-45-27-11-3-19-37(45)38-20-4-12-28-46(38)54)60(56-49-31-15-7-23-41(49)42-24-8-16-32-50(42)56)59(55-47-29-13-5-21-39(47)40-22-6-14-30-48(40)55)57(51)53-43-25-9-1-17-35(43)36-18-2-10-26-44(36)53/h1-32,53-56H. The number of nitrogens with zero attached hydrogens (tertiary/aromatic N) is 2. The normalized spacial score (nSPS) is 14.2. The molecule has 9 aromatic carbocycles. The number of hydrogen-bond donors (Lipinski definition) is 0. The van der Waals surface area contributed by atoms with E-state index in [1.54, 1.807) is 0 Å². The lowest BCUT2D eigenvalue weighted by Gasteiger charge is -2.35. The molecule has 0 radical (unpaired) electrons. The Morgan fingerprint density at radius 1 is 0.226 bits per heavy atom. The second-order valence-electron chi connectivity index (χ2n) is 17.1. The van der Waals surface area contributed by atoms with Crippen molar-refractivity contribution in [2.24, 2.45) is 0 Å². The van der Waals surface area contributed by atoms with Gasteiger partial charge < -0.3 is 0 Å². The minimum Gasteiger partial charge on any atom is -0.192 e. The van der Waals surface area contributed by atoms with Crippen molar-refractivity contribution in [1.82, 2.24) is 0 Å². The van der Waals surface area contributed by atoms with Crippen molar-refractivity contribution < 1.29 is 0 Å². The average molecular weight is 785 g/mol. The van der Waals surface area contributed by atoms with Crippen molar-refractivity contribution in [2.45, 2.75) is 23.7 Å². The fourth-order valence-corrected chi connectivity index (χ4v) is 12.1. The zero-order valence-corrected chi connectivity index (χ0v) is 33.7. The minimum atomic E-state index is -0.290. The van der Waals surface area contributed by atoms with Crippen LogP contribution in [0.3, 0.4) is 0 Å². The Morgan fingerprint density at radius 3 is 0.565 bits per heavy atom. The Morgan fingerprint density at radius 2 is 0.387 bits per heavy atom. The Hall–Kier alpha value is -8.04. The van der Waals surface area contributed by atoms with Crippen LogP contribution in [-0.2, 0) is 0 Å². The summed E-state index contributed by atoms with van der Waals surface area (Å²) in [6.07, 6.45) is 0. The van der Waals surface area contributed by atoms with Gasteiger partial charge in [-0.3, -0.25) is 0 Å². The number of hydrogen-bond acceptors (Lipinski definition) is 2. The largest absolute Gasteiger partial charge is 0.192 e. The van der Waals surface area contributed by atoms with Gasteiger partial charge in [0.1, 0.15) is 12.1 Å². The lowest BCUT2D eigenvalue weighted by molar-refractivity contribution is 0.838. The van der Waals surface area contributed by atoms with Crippen LogP contribution in [0.25, 0.3) is 44.5 Å². The van der Waals surface area contributed by atoms with Gasteiger partial charge in [0, 0.05) is 23.7 Å². The van der Waals surface area contributed by atoms with Gasteiger partial charge in [-0.1, -0.05) is 194 Å². The molecule has 13 rings (SSSR count). The first-order chi connectivity index (χ1) is 30.8. The van der Waals surface area contributed by atoms with Crippen LogP contribution in [-0.4, -0.2) is 0 Å². The predicted octanol–water partition coefficient (Wildman–Crippen LogP) is 14.1. The van der Waals surface area contributed by atoms with Crippen LogP contribution in [0.1, 0.15) is 102 Å². The number of fused-ring (bicyclic) bond motifs is 12. The molecule has 0 unspecified atom stereocenters. The molecule has 0 amide bonds. The fraction of sp³-hybridized carbons (Fsp3) is 0.0667. The van der Waals surface area contributed by atoms with Crippen LogP contribution in [0.2, 0.25) is 0 Å². The molecule has 0 aromatic heterocycles. The fourth-order valence-electron chi connectivity index (χ4n) is 12.1. The van der Waals surface area contributed by atoms with E-state index < -0.39 is 0 Å². The maximum Gasteiger partial charge on any atom is 0.101 e. The van der Waals surface area contributed by atoms with Gasteiger partial charge in [-0.2, -0.15) is 10.5 Å². The SMILES string of the molecule is N#Cc1c(C#N)c(C2c3ccccc3-c3ccccc32)c(C2c3ccccc3-c3ccccc32)c(C2c3ccccc3-c3ccccc32)c1C1c2ccccc2-c2ccccc21. The van der Waals surface area contributed by atoms with E-state index in [1.165, 1.54) is 66.8 Å². The van der Waals surface area contributed by atoms with Gasteiger partial charge in [0.15, 0.2) is 0 Å². The van der Waals surface area contributed by atoms with Crippen molar-refractivity contribution in [3.05, 3.63) is 272 Å². The number of rotatable bonds is 4. The summed E-state index contributed by atoms with van der Waals surface area (Å²) < 4.78 is 0. The Kier molecular flexibility index (Phi) is 7.42. The van der Waals surface area contributed by atoms with Crippen molar-refractivity contribution in [3.63, 3.8) is 0 Å². The molecule has 0 heterocycles. The molecule has 0 bridgehead atoms. The molecule has 2 nitrogen and oxygen atoms in total. The number of benzene rings is 9. The molecular weight excluding hydrogens is 749 g/mol. The van der Waals surface area contributed by atoms with Crippen LogP contribution in [0.4, 0.5) is 0 Å². The third kappa shape index (κ3) is 4.56. The molecule has 0 atom stereocenters. The van der Waals surface area contributed by atoms with E-state index in [2.05, 4.69) is 206 Å². The van der Waals surface area contributed by atoms with E-state index in [1.807, 2.05) is 0 Å². The molecule has 0 saturated carbocycles. The summed E-state index contributed by atoms with van der Waals surface area (Å²) in [5.41, 5.74) is 24.2. The van der Waals surface area contributed by atoms with E-state index in [-0.39, 0.29) is 23.7 Å². The van der Waals surface area contributed by atoms with E-state index >= 15 is 0 Å². The first kappa shape index (κ1) is 34.8. The Bertz CT molecular complexity index is 3070. The lowest BCUT2D eigenvalue weighted by atomic mass is 9.66. The highest BCUT2D eigenvalue weighted by molar-refractivity contribution is 5.90. The maximum atomic E-state index is 12.0. The molecule has 0 aliphatic heterocycles. The van der Waals surface area contributed by atoms with Gasteiger partial charge in [0.05, 0.1) is 11.1 Å². The van der Waals surface area contributed by atoms with Crippen LogP contribution >= 0.6 is 0 Å². The summed E-state index contributed by atoms with van der Waals surface area (Å²) >= 11 is 0. The van der Waals surface area contributed by atoms with Crippen LogP contribution in [0.5, 0.6) is 0 Å². The van der Waals surface area contributed by atoms with Crippen molar-refractivity contribution in [3.8, 4) is 56.6 Å². The second-order valence-corrected chi connectivity index (χ2v) is 17.1. The van der Waals surface area contributed by atoms with Crippen molar-refractivity contribution >= 4 is 0 Å². The van der Waals surface area contributed by atoms with Gasteiger partial charge in [-0.05, 0) is 111 Å². The molecule has 4 aliphatic rings. The quantitative estimate of drug-likeness (QED) is 0.178. The van der Waals surface area contributed by atoms with Gasteiger partial charge in [0.2, 0.25) is 0 Å². The Balaban J connectivity index is 1.29. The first-order valence-corrected chi connectivity index (χ1v) is 21.5.